The maximum Gasteiger partial charge on any atom is 0.134 e. The Morgan fingerprint density at radius 2 is 1.95 bits per heavy atom. The lowest BCUT2D eigenvalue weighted by Crippen LogP contribution is -2.12. The number of hydrogen-bond donors (Lipinski definition) is 1. The van der Waals surface area contributed by atoms with Crippen molar-refractivity contribution >= 4 is 22.6 Å². The molecule has 0 aliphatic carbocycles. The van der Waals surface area contributed by atoms with Gasteiger partial charge in [-0.3, -0.25) is 0 Å². The van der Waals surface area contributed by atoms with Crippen LogP contribution >= 0.6 is 11.6 Å². The van der Waals surface area contributed by atoms with E-state index in [1.165, 1.54) is 0 Å². The highest BCUT2D eigenvalue weighted by atomic mass is 35.5. The molecule has 0 saturated heterocycles. The Kier molecular flexibility index (Phi) is 3.38. The lowest BCUT2D eigenvalue weighted by atomic mass is 10.0. The number of benzene rings is 2. The fourth-order valence-corrected chi connectivity index (χ4v) is 2.41. The van der Waals surface area contributed by atoms with Crippen molar-refractivity contribution in [1.29, 1.82) is 0 Å². The molecule has 2 N–H and O–H groups in total. The van der Waals surface area contributed by atoms with Crippen LogP contribution in [0.5, 0.6) is 5.75 Å². The number of methoxy groups -OCH3 is 1. The fourth-order valence-electron chi connectivity index (χ4n) is 2.25. The molecule has 1 aromatic heterocycles. The SMILES string of the molecule is COc1cc(Cl)ccc1C(N)c1cc2ccccc2o1. The molecule has 3 nitrogen and oxygen atoms in total. The lowest BCUT2D eigenvalue weighted by Gasteiger charge is -2.13. The van der Waals surface area contributed by atoms with Crippen LogP contribution in [0, 0.1) is 0 Å². The average molecular weight is 288 g/mol. The summed E-state index contributed by atoms with van der Waals surface area (Å²) in [6.07, 6.45) is 0. The number of nitrogens with two attached hydrogens (primary N) is 1. The summed E-state index contributed by atoms with van der Waals surface area (Å²) < 4.78 is 11.1. The molecule has 4 heteroatoms. The van der Waals surface area contributed by atoms with Gasteiger partial charge in [0.2, 0.25) is 0 Å². The Morgan fingerprint density at radius 3 is 2.70 bits per heavy atom. The number of para-hydroxylation sites is 1. The molecule has 0 aliphatic heterocycles. The number of rotatable bonds is 3. The molecule has 0 saturated carbocycles. The summed E-state index contributed by atoms with van der Waals surface area (Å²) in [6.45, 7) is 0. The monoisotopic (exact) mass is 287 g/mol. The van der Waals surface area contributed by atoms with Crippen LogP contribution in [0.25, 0.3) is 11.0 Å². The van der Waals surface area contributed by atoms with Gasteiger partial charge in [-0.05, 0) is 24.3 Å². The molecule has 3 aromatic rings. The predicted molar refractivity (Wildman–Crippen MR) is 80.2 cm³/mol. The largest absolute Gasteiger partial charge is 0.496 e. The Labute approximate surface area is 121 Å². The maximum absolute atomic E-state index is 6.29. The van der Waals surface area contributed by atoms with Crippen LogP contribution in [0.2, 0.25) is 5.02 Å². The van der Waals surface area contributed by atoms with Crippen molar-refractivity contribution < 1.29 is 9.15 Å². The fraction of sp³-hybridized carbons (Fsp3) is 0.125. The minimum atomic E-state index is -0.394. The zero-order valence-corrected chi connectivity index (χ0v) is 11.7. The first kappa shape index (κ1) is 13.0. The first-order valence-electron chi connectivity index (χ1n) is 6.26. The minimum Gasteiger partial charge on any atom is -0.496 e. The van der Waals surface area contributed by atoms with Gasteiger partial charge in [-0.1, -0.05) is 35.9 Å². The van der Waals surface area contributed by atoms with Crippen molar-refractivity contribution in [2.45, 2.75) is 6.04 Å². The van der Waals surface area contributed by atoms with Crippen LogP contribution in [-0.4, -0.2) is 7.11 Å². The van der Waals surface area contributed by atoms with Gasteiger partial charge in [0.05, 0.1) is 13.2 Å². The zero-order valence-electron chi connectivity index (χ0n) is 11.0. The first-order chi connectivity index (χ1) is 9.69. The van der Waals surface area contributed by atoms with Gasteiger partial charge in [0.25, 0.3) is 0 Å². The summed E-state index contributed by atoms with van der Waals surface area (Å²) in [6, 6.07) is 14.8. The number of ether oxygens (including phenoxy) is 1. The normalized spacial score (nSPS) is 12.6. The Bertz CT molecular complexity index is 718. The third-order valence-corrected chi connectivity index (χ3v) is 3.52. The second-order valence-electron chi connectivity index (χ2n) is 4.55. The van der Waals surface area contributed by atoms with Crippen LogP contribution in [0.15, 0.2) is 52.9 Å². The van der Waals surface area contributed by atoms with E-state index < -0.39 is 6.04 Å². The average Bonchev–Trinajstić information content (AvgIpc) is 2.90. The van der Waals surface area contributed by atoms with Crippen molar-refractivity contribution in [2.24, 2.45) is 5.73 Å². The van der Waals surface area contributed by atoms with E-state index in [-0.39, 0.29) is 0 Å². The van der Waals surface area contributed by atoms with Crippen molar-refractivity contribution in [2.75, 3.05) is 7.11 Å². The third-order valence-electron chi connectivity index (χ3n) is 3.28. The molecular weight excluding hydrogens is 274 g/mol. The van der Waals surface area contributed by atoms with E-state index >= 15 is 0 Å². The molecule has 0 radical (unpaired) electrons. The first-order valence-corrected chi connectivity index (χ1v) is 6.64. The standard InChI is InChI=1S/C16H14ClNO2/c1-19-14-9-11(17)6-7-12(14)16(18)15-8-10-4-2-3-5-13(10)20-15/h2-9,16H,18H2,1H3. The van der Waals surface area contributed by atoms with E-state index in [0.29, 0.717) is 16.5 Å². The van der Waals surface area contributed by atoms with Gasteiger partial charge >= 0.3 is 0 Å². The highest BCUT2D eigenvalue weighted by Gasteiger charge is 2.18. The van der Waals surface area contributed by atoms with Crippen molar-refractivity contribution in [1.82, 2.24) is 0 Å². The van der Waals surface area contributed by atoms with Crippen LogP contribution in [0.1, 0.15) is 17.4 Å². The number of halogens is 1. The van der Waals surface area contributed by atoms with E-state index in [4.69, 9.17) is 26.5 Å². The molecule has 2 aromatic carbocycles. The molecule has 20 heavy (non-hydrogen) atoms. The number of hydrogen-bond acceptors (Lipinski definition) is 3. The maximum atomic E-state index is 6.29. The zero-order chi connectivity index (χ0) is 14.1. The third kappa shape index (κ3) is 2.26. The molecule has 102 valence electrons. The molecule has 1 unspecified atom stereocenters. The van der Waals surface area contributed by atoms with Crippen LogP contribution in [0.3, 0.4) is 0 Å². The highest BCUT2D eigenvalue weighted by molar-refractivity contribution is 6.30. The minimum absolute atomic E-state index is 0.394. The molecule has 0 amide bonds. The Morgan fingerprint density at radius 1 is 1.15 bits per heavy atom. The molecule has 0 spiro atoms. The smallest absolute Gasteiger partial charge is 0.134 e. The van der Waals surface area contributed by atoms with E-state index in [1.54, 1.807) is 19.2 Å². The summed E-state index contributed by atoms with van der Waals surface area (Å²) >= 11 is 5.97. The molecule has 1 heterocycles. The van der Waals surface area contributed by atoms with E-state index in [9.17, 15) is 0 Å². The van der Waals surface area contributed by atoms with E-state index in [1.807, 2.05) is 36.4 Å². The van der Waals surface area contributed by atoms with Gasteiger partial charge in [-0.15, -0.1) is 0 Å². The molecule has 1 atom stereocenters. The molecular formula is C16H14ClNO2. The highest BCUT2D eigenvalue weighted by Crippen LogP contribution is 2.33. The lowest BCUT2D eigenvalue weighted by molar-refractivity contribution is 0.404. The van der Waals surface area contributed by atoms with E-state index in [2.05, 4.69) is 0 Å². The molecule has 0 aliphatic rings. The topological polar surface area (TPSA) is 48.4 Å². The molecule has 0 fully saturated rings. The van der Waals surface area contributed by atoms with Crippen molar-refractivity contribution in [3.05, 3.63) is 64.9 Å². The molecule has 0 bridgehead atoms. The Balaban J connectivity index is 2.05. The predicted octanol–water partition coefficient (Wildman–Crippen LogP) is 4.14. The second-order valence-corrected chi connectivity index (χ2v) is 4.99. The summed E-state index contributed by atoms with van der Waals surface area (Å²) in [5, 5.41) is 1.65. The second kappa shape index (κ2) is 5.19. The summed E-state index contributed by atoms with van der Waals surface area (Å²) in [7, 11) is 1.60. The van der Waals surface area contributed by atoms with Gasteiger partial charge < -0.3 is 14.9 Å². The summed E-state index contributed by atoms with van der Waals surface area (Å²) in [5.41, 5.74) is 7.96. The quantitative estimate of drug-likeness (QED) is 0.787. The molecule has 3 rings (SSSR count). The van der Waals surface area contributed by atoms with Gasteiger partial charge in [-0.2, -0.15) is 0 Å². The Hall–Kier alpha value is -1.97. The summed E-state index contributed by atoms with van der Waals surface area (Å²) in [4.78, 5) is 0. The van der Waals surface area contributed by atoms with Crippen LogP contribution < -0.4 is 10.5 Å². The van der Waals surface area contributed by atoms with E-state index in [0.717, 1.165) is 16.5 Å². The summed E-state index contributed by atoms with van der Waals surface area (Å²) in [5.74, 6) is 1.36. The number of furan rings is 1. The number of fused-ring (bicyclic) bond motifs is 1. The van der Waals surface area contributed by atoms with Crippen LogP contribution in [-0.2, 0) is 0 Å². The van der Waals surface area contributed by atoms with Crippen molar-refractivity contribution in [3.8, 4) is 5.75 Å². The van der Waals surface area contributed by atoms with Gasteiger partial charge in [0.1, 0.15) is 17.1 Å². The van der Waals surface area contributed by atoms with Crippen molar-refractivity contribution in [3.63, 3.8) is 0 Å². The van der Waals surface area contributed by atoms with Gasteiger partial charge in [0, 0.05) is 16.0 Å². The van der Waals surface area contributed by atoms with Crippen LogP contribution in [0.4, 0.5) is 0 Å². The van der Waals surface area contributed by atoms with Gasteiger partial charge in [0.15, 0.2) is 0 Å². The van der Waals surface area contributed by atoms with Gasteiger partial charge in [-0.25, -0.2) is 0 Å².